The van der Waals surface area contributed by atoms with Crippen LogP contribution in [0.2, 0.25) is 0 Å². The van der Waals surface area contributed by atoms with E-state index in [0.29, 0.717) is 13.1 Å². The molecule has 3 N–H and O–H groups in total. The van der Waals surface area contributed by atoms with Crippen LogP contribution >= 0.6 is 0 Å². The van der Waals surface area contributed by atoms with Crippen molar-refractivity contribution in [1.29, 1.82) is 0 Å². The van der Waals surface area contributed by atoms with Crippen LogP contribution in [-0.2, 0) is 6.54 Å². The molecular weight excluding hydrogens is 262 g/mol. The van der Waals surface area contributed by atoms with Crippen molar-refractivity contribution in [3.63, 3.8) is 0 Å². The summed E-state index contributed by atoms with van der Waals surface area (Å²) in [7, 11) is 0. The summed E-state index contributed by atoms with van der Waals surface area (Å²) in [6.07, 6.45) is 0.787. The van der Waals surface area contributed by atoms with Crippen molar-refractivity contribution in [2.45, 2.75) is 19.0 Å². The summed E-state index contributed by atoms with van der Waals surface area (Å²) in [4.78, 5) is 14.2. The maximum absolute atomic E-state index is 12.4. The number of nitrogens with two attached hydrogens (primary N) is 1. The average Bonchev–Trinajstić information content (AvgIpc) is 2.54. The van der Waals surface area contributed by atoms with Crippen molar-refractivity contribution in [2.75, 3.05) is 11.4 Å². The number of amides is 2. The lowest BCUT2D eigenvalue weighted by Gasteiger charge is -2.32. The zero-order valence-corrected chi connectivity index (χ0v) is 11.8. The molecule has 0 fully saturated rings. The number of hydrogen-bond acceptors (Lipinski definition) is 2. The van der Waals surface area contributed by atoms with E-state index >= 15 is 0 Å². The first-order chi connectivity index (χ1) is 10.3. The van der Waals surface area contributed by atoms with Gasteiger partial charge in [-0.3, -0.25) is 4.90 Å². The highest BCUT2D eigenvalue weighted by Crippen LogP contribution is 2.31. The van der Waals surface area contributed by atoms with Gasteiger partial charge >= 0.3 is 6.03 Å². The molecule has 2 amide bonds. The van der Waals surface area contributed by atoms with Gasteiger partial charge in [0.2, 0.25) is 0 Å². The summed E-state index contributed by atoms with van der Waals surface area (Å²) in [6.45, 7) is 1.18. The van der Waals surface area contributed by atoms with E-state index in [2.05, 4.69) is 5.32 Å². The maximum atomic E-state index is 12.4. The van der Waals surface area contributed by atoms with E-state index in [1.807, 2.05) is 54.6 Å². The lowest BCUT2D eigenvalue weighted by Crippen LogP contribution is -2.44. The van der Waals surface area contributed by atoms with Gasteiger partial charge in [-0.2, -0.15) is 0 Å². The molecule has 21 heavy (non-hydrogen) atoms. The first kappa shape index (κ1) is 13.6. The Morgan fingerprint density at radius 3 is 2.67 bits per heavy atom. The third-order valence-corrected chi connectivity index (χ3v) is 3.82. The molecule has 0 aliphatic carbocycles. The number of benzene rings is 2. The number of carbonyl (C=O) groups is 1. The summed E-state index contributed by atoms with van der Waals surface area (Å²) < 4.78 is 0. The molecule has 4 nitrogen and oxygen atoms in total. The van der Waals surface area contributed by atoms with Crippen molar-refractivity contribution >= 4 is 11.7 Å². The molecule has 3 rings (SSSR count). The Labute approximate surface area is 124 Å². The zero-order chi connectivity index (χ0) is 14.7. The lowest BCUT2D eigenvalue weighted by atomic mass is 9.97. The normalized spacial score (nSPS) is 17.2. The van der Waals surface area contributed by atoms with Crippen LogP contribution in [0, 0.1) is 0 Å². The minimum atomic E-state index is -0.0711. The second-order valence-corrected chi connectivity index (χ2v) is 5.25. The van der Waals surface area contributed by atoms with Crippen LogP contribution in [-0.4, -0.2) is 12.6 Å². The van der Waals surface area contributed by atoms with Crippen LogP contribution < -0.4 is 16.0 Å². The Morgan fingerprint density at radius 1 is 1.14 bits per heavy atom. The Bertz CT molecular complexity index is 627. The fourth-order valence-electron chi connectivity index (χ4n) is 2.67. The highest BCUT2D eigenvalue weighted by molar-refractivity contribution is 5.93. The molecule has 1 aliphatic heterocycles. The SMILES string of the molecule is NC1CCN(C(=O)NCc2ccccc2)c2ccccc21. The van der Waals surface area contributed by atoms with E-state index in [4.69, 9.17) is 5.73 Å². The van der Waals surface area contributed by atoms with E-state index in [1.54, 1.807) is 4.90 Å². The zero-order valence-electron chi connectivity index (χ0n) is 11.8. The van der Waals surface area contributed by atoms with Crippen LogP contribution in [0.15, 0.2) is 54.6 Å². The number of para-hydroxylation sites is 1. The maximum Gasteiger partial charge on any atom is 0.322 e. The number of hydrogen-bond donors (Lipinski definition) is 2. The van der Waals surface area contributed by atoms with E-state index < -0.39 is 0 Å². The second kappa shape index (κ2) is 5.97. The minimum Gasteiger partial charge on any atom is -0.334 e. The standard InChI is InChI=1S/C17H19N3O/c18-15-10-11-20(16-9-5-4-8-14(15)16)17(21)19-12-13-6-2-1-3-7-13/h1-9,15H,10-12,18H2,(H,19,21). The molecule has 1 heterocycles. The molecule has 0 saturated carbocycles. The molecule has 108 valence electrons. The summed E-state index contributed by atoms with van der Waals surface area (Å²) in [5.74, 6) is 0. The first-order valence-corrected chi connectivity index (χ1v) is 7.19. The summed E-state index contributed by atoms with van der Waals surface area (Å²) in [6, 6.07) is 17.7. The fourth-order valence-corrected chi connectivity index (χ4v) is 2.67. The van der Waals surface area contributed by atoms with Crippen LogP contribution in [0.3, 0.4) is 0 Å². The van der Waals surface area contributed by atoms with Crippen LogP contribution in [0.25, 0.3) is 0 Å². The Morgan fingerprint density at radius 2 is 1.86 bits per heavy atom. The first-order valence-electron chi connectivity index (χ1n) is 7.19. The van der Waals surface area contributed by atoms with Crippen LogP contribution in [0.4, 0.5) is 10.5 Å². The molecule has 0 bridgehead atoms. The molecule has 2 aromatic rings. The second-order valence-electron chi connectivity index (χ2n) is 5.25. The molecular formula is C17H19N3O. The predicted octanol–water partition coefficient (Wildman–Crippen LogP) is 2.81. The van der Waals surface area contributed by atoms with E-state index in [9.17, 15) is 4.79 Å². The van der Waals surface area contributed by atoms with Gasteiger partial charge in [0.1, 0.15) is 0 Å². The highest BCUT2D eigenvalue weighted by Gasteiger charge is 2.26. The van der Waals surface area contributed by atoms with Gasteiger partial charge in [-0.15, -0.1) is 0 Å². The topological polar surface area (TPSA) is 58.4 Å². The smallest absolute Gasteiger partial charge is 0.322 e. The number of fused-ring (bicyclic) bond motifs is 1. The molecule has 1 unspecified atom stereocenters. The molecule has 0 spiro atoms. The lowest BCUT2D eigenvalue weighted by molar-refractivity contribution is 0.245. The van der Waals surface area contributed by atoms with Gasteiger partial charge in [-0.25, -0.2) is 4.79 Å². The predicted molar refractivity (Wildman–Crippen MR) is 84.0 cm³/mol. The van der Waals surface area contributed by atoms with Gasteiger partial charge < -0.3 is 11.1 Å². The average molecular weight is 281 g/mol. The van der Waals surface area contributed by atoms with Crippen molar-refractivity contribution in [3.8, 4) is 0 Å². The number of carbonyl (C=O) groups excluding carboxylic acids is 1. The largest absolute Gasteiger partial charge is 0.334 e. The number of nitrogens with zero attached hydrogens (tertiary/aromatic N) is 1. The highest BCUT2D eigenvalue weighted by atomic mass is 16.2. The number of rotatable bonds is 2. The summed E-state index contributed by atoms with van der Waals surface area (Å²) in [5.41, 5.74) is 9.16. The monoisotopic (exact) mass is 281 g/mol. The Hall–Kier alpha value is -2.33. The third kappa shape index (κ3) is 2.90. The number of urea groups is 1. The van der Waals surface area contributed by atoms with E-state index in [0.717, 1.165) is 23.2 Å². The molecule has 1 atom stereocenters. The van der Waals surface area contributed by atoms with Crippen molar-refractivity contribution in [2.24, 2.45) is 5.73 Å². The summed E-state index contributed by atoms with van der Waals surface area (Å²) >= 11 is 0. The molecule has 2 aromatic carbocycles. The molecule has 0 saturated heterocycles. The fraction of sp³-hybridized carbons (Fsp3) is 0.235. The molecule has 1 aliphatic rings. The van der Waals surface area contributed by atoms with Crippen molar-refractivity contribution < 1.29 is 4.79 Å². The van der Waals surface area contributed by atoms with Crippen LogP contribution in [0.1, 0.15) is 23.6 Å². The van der Waals surface area contributed by atoms with Gasteiger partial charge in [-0.05, 0) is 23.6 Å². The van der Waals surface area contributed by atoms with Gasteiger partial charge in [0.05, 0.1) is 5.69 Å². The third-order valence-electron chi connectivity index (χ3n) is 3.82. The van der Waals surface area contributed by atoms with Gasteiger partial charge in [-0.1, -0.05) is 48.5 Å². The summed E-state index contributed by atoms with van der Waals surface area (Å²) in [5, 5.41) is 2.97. The van der Waals surface area contributed by atoms with Gasteiger partial charge in [0, 0.05) is 19.1 Å². The van der Waals surface area contributed by atoms with Crippen molar-refractivity contribution in [1.82, 2.24) is 5.32 Å². The number of anilines is 1. The quantitative estimate of drug-likeness (QED) is 0.889. The Kier molecular flexibility index (Phi) is 3.88. The minimum absolute atomic E-state index is 0.0133. The Balaban J connectivity index is 1.72. The number of nitrogens with one attached hydrogen (secondary N) is 1. The van der Waals surface area contributed by atoms with Gasteiger partial charge in [0.25, 0.3) is 0 Å². The molecule has 0 aromatic heterocycles. The molecule has 4 heteroatoms. The molecule has 0 radical (unpaired) electrons. The van der Waals surface area contributed by atoms with E-state index in [-0.39, 0.29) is 12.1 Å². The van der Waals surface area contributed by atoms with Gasteiger partial charge in [0.15, 0.2) is 0 Å². The van der Waals surface area contributed by atoms with Crippen LogP contribution in [0.5, 0.6) is 0 Å². The van der Waals surface area contributed by atoms with Crippen molar-refractivity contribution in [3.05, 3.63) is 65.7 Å². The van der Waals surface area contributed by atoms with E-state index in [1.165, 1.54) is 0 Å².